The summed E-state index contributed by atoms with van der Waals surface area (Å²) < 4.78 is 16.8. The third kappa shape index (κ3) is 5.53. The molecule has 2 amide bonds. The highest BCUT2D eigenvalue weighted by atomic mass is 16.6. The van der Waals surface area contributed by atoms with Crippen molar-refractivity contribution in [3.05, 3.63) is 71.3 Å². The average Bonchev–Trinajstić information content (AvgIpc) is 2.85. The Labute approximate surface area is 211 Å². The van der Waals surface area contributed by atoms with Gasteiger partial charge in [0.25, 0.3) is 5.91 Å². The van der Waals surface area contributed by atoms with Crippen molar-refractivity contribution in [2.75, 3.05) is 20.2 Å². The van der Waals surface area contributed by atoms with Gasteiger partial charge in [0.1, 0.15) is 11.4 Å². The molecule has 0 atom stereocenters. The topological polar surface area (TPSA) is 85.4 Å². The summed E-state index contributed by atoms with van der Waals surface area (Å²) in [6.45, 7) is 6.70. The molecule has 0 aromatic heterocycles. The molecule has 0 N–H and O–H groups in total. The molecular formula is C28H32N2O6. The number of rotatable bonds is 4. The molecule has 1 spiro atoms. The first-order valence-electron chi connectivity index (χ1n) is 12.0. The minimum atomic E-state index is -0.887. The Morgan fingerprint density at radius 3 is 2.42 bits per heavy atom. The summed E-state index contributed by atoms with van der Waals surface area (Å²) in [6, 6.07) is 15.0. The fourth-order valence-electron chi connectivity index (χ4n) is 4.45. The third-order valence-electron chi connectivity index (χ3n) is 6.26. The van der Waals surface area contributed by atoms with Crippen LogP contribution >= 0.6 is 0 Å². The quantitative estimate of drug-likeness (QED) is 0.457. The van der Waals surface area contributed by atoms with Gasteiger partial charge in [-0.2, -0.15) is 0 Å². The number of esters is 1. The van der Waals surface area contributed by atoms with Crippen molar-refractivity contribution in [1.82, 2.24) is 9.80 Å². The highest BCUT2D eigenvalue weighted by molar-refractivity contribution is 5.99. The second-order valence-corrected chi connectivity index (χ2v) is 10.0. The molecule has 0 saturated carbocycles. The van der Waals surface area contributed by atoms with Crippen LogP contribution in [0.3, 0.4) is 0 Å². The SMILES string of the molecule is COC(=O)/C=C/c1ccc2c(c1)C(=O)N(Cc1ccccc1)C1(CCN(C(=O)OC(C)(C)C)CC1)O2. The lowest BCUT2D eigenvalue weighted by Crippen LogP contribution is -2.63. The van der Waals surface area contributed by atoms with Gasteiger partial charge in [-0.15, -0.1) is 0 Å². The predicted octanol–water partition coefficient (Wildman–Crippen LogP) is 4.63. The second kappa shape index (κ2) is 10.0. The zero-order valence-corrected chi connectivity index (χ0v) is 21.2. The largest absolute Gasteiger partial charge is 0.467 e. The van der Waals surface area contributed by atoms with Gasteiger partial charge in [-0.1, -0.05) is 36.4 Å². The van der Waals surface area contributed by atoms with Crippen LogP contribution in [0.2, 0.25) is 0 Å². The molecule has 2 aliphatic rings. The number of piperidine rings is 1. The van der Waals surface area contributed by atoms with E-state index < -0.39 is 17.3 Å². The van der Waals surface area contributed by atoms with Crippen LogP contribution in [-0.2, 0) is 20.8 Å². The molecule has 2 aliphatic heterocycles. The Hall–Kier alpha value is -3.81. The molecule has 0 radical (unpaired) electrons. The van der Waals surface area contributed by atoms with Crippen molar-refractivity contribution in [1.29, 1.82) is 0 Å². The standard InChI is InChI=1S/C28H32N2O6/c1-27(2,3)36-26(33)29-16-14-28(15-17-29)30(19-21-8-6-5-7-9-21)25(32)22-18-20(10-12-23(22)35-28)11-13-24(31)34-4/h5-13,18H,14-17,19H2,1-4H3/b13-11+. The van der Waals surface area contributed by atoms with Crippen LogP contribution in [0.4, 0.5) is 4.79 Å². The van der Waals surface area contributed by atoms with E-state index >= 15 is 0 Å². The summed E-state index contributed by atoms with van der Waals surface area (Å²) in [7, 11) is 1.31. The number of hydrogen-bond donors (Lipinski definition) is 0. The van der Waals surface area contributed by atoms with Gasteiger partial charge in [0.15, 0.2) is 5.72 Å². The number of hydrogen-bond acceptors (Lipinski definition) is 6. The lowest BCUT2D eigenvalue weighted by Gasteiger charge is -2.50. The highest BCUT2D eigenvalue weighted by Gasteiger charge is 2.49. The van der Waals surface area contributed by atoms with Gasteiger partial charge in [0.2, 0.25) is 0 Å². The normalized spacial score (nSPS) is 17.1. The maximum Gasteiger partial charge on any atom is 0.410 e. The van der Waals surface area contributed by atoms with Gasteiger partial charge in [-0.25, -0.2) is 9.59 Å². The van der Waals surface area contributed by atoms with Gasteiger partial charge < -0.3 is 19.1 Å². The van der Waals surface area contributed by atoms with Crippen molar-refractivity contribution >= 4 is 24.0 Å². The first-order valence-corrected chi connectivity index (χ1v) is 12.0. The van der Waals surface area contributed by atoms with E-state index in [4.69, 9.17) is 9.47 Å². The molecule has 2 aromatic carbocycles. The molecule has 190 valence electrons. The number of benzene rings is 2. The van der Waals surface area contributed by atoms with E-state index in [2.05, 4.69) is 4.74 Å². The molecule has 0 bridgehead atoms. The predicted molar refractivity (Wildman–Crippen MR) is 134 cm³/mol. The molecule has 36 heavy (non-hydrogen) atoms. The molecular weight excluding hydrogens is 460 g/mol. The maximum atomic E-state index is 13.9. The van der Waals surface area contributed by atoms with E-state index in [0.29, 0.717) is 49.4 Å². The van der Waals surface area contributed by atoms with Gasteiger partial charge in [-0.05, 0) is 50.1 Å². The Balaban J connectivity index is 1.63. The van der Waals surface area contributed by atoms with E-state index in [9.17, 15) is 14.4 Å². The van der Waals surface area contributed by atoms with E-state index in [1.54, 1.807) is 34.1 Å². The molecule has 2 aromatic rings. The van der Waals surface area contributed by atoms with Gasteiger partial charge in [-0.3, -0.25) is 9.69 Å². The first-order chi connectivity index (χ1) is 17.1. The van der Waals surface area contributed by atoms with E-state index in [1.807, 2.05) is 51.1 Å². The number of fused-ring (bicyclic) bond motifs is 1. The summed E-state index contributed by atoms with van der Waals surface area (Å²) >= 11 is 0. The van der Waals surface area contributed by atoms with Crippen LogP contribution < -0.4 is 4.74 Å². The van der Waals surface area contributed by atoms with Crippen molar-refractivity contribution < 1.29 is 28.6 Å². The van der Waals surface area contributed by atoms with Crippen LogP contribution in [0.5, 0.6) is 5.75 Å². The number of carbonyl (C=O) groups excluding carboxylic acids is 3. The zero-order valence-electron chi connectivity index (χ0n) is 21.2. The summed E-state index contributed by atoms with van der Waals surface area (Å²) in [5.41, 5.74) is 0.627. The Bertz CT molecular complexity index is 1160. The van der Waals surface area contributed by atoms with Crippen molar-refractivity contribution in [2.24, 2.45) is 0 Å². The zero-order chi connectivity index (χ0) is 25.9. The summed E-state index contributed by atoms with van der Waals surface area (Å²) in [4.78, 5) is 41.4. The second-order valence-electron chi connectivity index (χ2n) is 10.0. The van der Waals surface area contributed by atoms with Gasteiger partial charge in [0.05, 0.1) is 12.7 Å². The van der Waals surface area contributed by atoms with Crippen LogP contribution in [-0.4, -0.2) is 59.3 Å². The monoisotopic (exact) mass is 492 g/mol. The smallest absolute Gasteiger partial charge is 0.410 e. The Morgan fingerprint density at radius 2 is 1.78 bits per heavy atom. The maximum absolute atomic E-state index is 13.9. The van der Waals surface area contributed by atoms with Crippen molar-refractivity contribution in [3.63, 3.8) is 0 Å². The molecule has 8 nitrogen and oxygen atoms in total. The molecule has 8 heteroatoms. The van der Waals surface area contributed by atoms with Gasteiger partial charge in [0, 0.05) is 38.6 Å². The number of amides is 2. The van der Waals surface area contributed by atoms with Gasteiger partial charge >= 0.3 is 12.1 Å². The summed E-state index contributed by atoms with van der Waals surface area (Å²) in [5, 5.41) is 0. The number of likely N-dealkylation sites (tertiary alicyclic amines) is 1. The number of ether oxygens (including phenoxy) is 3. The Kier molecular flexibility index (Phi) is 7.06. The van der Waals surface area contributed by atoms with E-state index in [0.717, 1.165) is 5.56 Å². The van der Waals surface area contributed by atoms with Crippen molar-refractivity contribution in [3.8, 4) is 5.75 Å². The first kappa shape index (κ1) is 25.3. The van der Waals surface area contributed by atoms with Crippen molar-refractivity contribution in [2.45, 2.75) is 51.5 Å². The van der Waals surface area contributed by atoms with Crippen LogP contribution in [0, 0.1) is 0 Å². The minimum Gasteiger partial charge on any atom is -0.467 e. The van der Waals surface area contributed by atoms with Crippen LogP contribution in [0.15, 0.2) is 54.6 Å². The average molecular weight is 493 g/mol. The lowest BCUT2D eigenvalue weighted by atomic mass is 9.93. The third-order valence-corrected chi connectivity index (χ3v) is 6.26. The number of methoxy groups -OCH3 is 1. The molecule has 4 rings (SSSR count). The number of carbonyl (C=O) groups is 3. The fourth-order valence-corrected chi connectivity index (χ4v) is 4.45. The minimum absolute atomic E-state index is 0.154. The van der Waals surface area contributed by atoms with E-state index in [-0.39, 0.29) is 12.0 Å². The molecule has 2 heterocycles. The lowest BCUT2D eigenvalue weighted by molar-refractivity contribution is -0.134. The number of nitrogens with zero attached hydrogens (tertiary/aromatic N) is 2. The molecule has 1 fully saturated rings. The van der Waals surface area contributed by atoms with Crippen LogP contribution in [0.1, 0.15) is 55.1 Å². The molecule has 0 unspecified atom stereocenters. The summed E-state index contributed by atoms with van der Waals surface area (Å²) in [5.74, 6) is -0.138. The van der Waals surface area contributed by atoms with E-state index in [1.165, 1.54) is 13.2 Å². The van der Waals surface area contributed by atoms with Crippen LogP contribution in [0.25, 0.3) is 6.08 Å². The molecule has 0 aliphatic carbocycles. The highest BCUT2D eigenvalue weighted by Crippen LogP contribution is 2.41. The molecule has 1 saturated heterocycles. The summed E-state index contributed by atoms with van der Waals surface area (Å²) in [6.07, 6.45) is 3.45. The Morgan fingerprint density at radius 1 is 1.08 bits per heavy atom. The fraction of sp³-hybridized carbons (Fsp3) is 0.393.